The zero-order chi connectivity index (χ0) is 34.3. The van der Waals surface area contributed by atoms with Gasteiger partial charge in [-0.15, -0.1) is 0 Å². The molecule has 0 radical (unpaired) electrons. The lowest BCUT2D eigenvalue weighted by Gasteiger charge is -2.48. The molecule has 0 aromatic carbocycles. The summed E-state index contributed by atoms with van der Waals surface area (Å²) >= 11 is 0. The molecule has 3 aliphatic rings. The molecule has 268 valence electrons. The highest BCUT2D eigenvalue weighted by Crippen LogP contribution is 2.32. The number of aliphatic hydroxyl groups is 6. The lowest BCUT2D eigenvalue weighted by atomic mass is 9.83. The number of ether oxygens (including phenoxy) is 4. The largest absolute Gasteiger partial charge is 0.395 e. The van der Waals surface area contributed by atoms with Crippen LogP contribution in [-0.2, 0) is 23.7 Å². The Kier molecular flexibility index (Phi) is 14.3. The van der Waals surface area contributed by atoms with Gasteiger partial charge in [-0.2, -0.15) is 0 Å². The minimum Gasteiger partial charge on any atom is -0.395 e. The number of aliphatic imine (C=N–C) groups is 1. The van der Waals surface area contributed by atoms with Crippen molar-refractivity contribution in [2.45, 2.75) is 124 Å². The third-order valence-electron chi connectivity index (χ3n) is 8.54. The average molecular weight is 668 g/mol. The second kappa shape index (κ2) is 17.0. The minimum atomic E-state index is -2.37. The summed E-state index contributed by atoms with van der Waals surface area (Å²) in [7, 11) is 0. The smallest absolute Gasteiger partial charge is 0.275 e. The van der Waals surface area contributed by atoms with Crippen molar-refractivity contribution in [1.29, 1.82) is 0 Å². The molecule has 46 heavy (non-hydrogen) atoms. The number of nitrogens with one attached hydrogen (secondary N) is 2. The third kappa shape index (κ3) is 9.39. The van der Waals surface area contributed by atoms with Gasteiger partial charge in [0.25, 0.3) is 5.91 Å². The number of rotatable bonds is 14. The highest BCUT2D eigenvalue weighted by molar-refractivity contribution is 5.88. The summed E-state index contributed by atoms with van der Waals surface area (Å²) in [4.78, 5) is 16.8. The number of hydrogen-bond donors (Lipinski definition) is 14. The van der Waals surface area contributed by atoms with Crippen molar-refractivity contribution in [3.63, 3.8) is 0 Å². The molecule has 3 fully saturated rings. The number of hydrogen-bond acceptors (Lipinski definition) is 17. The van der Waals surface area contributed by atoms with E-state index in [4.69, 9.17) is 58.5 Å². The van der Waals surface area contributed by atoms with Crippen molar-refractivity contribution in [1.82, 2.24) is 10.6 Å². The van der Waals surface area contributed by atoms with Gasteiger partial charge in [-0.1, -0.05) is 6.92 Å². The summed E-state index contributed by atoms with van der Waals surface area (Å²) in [5.74, 6) is -1.57. The van der Waals surface area contributed by atoms with Crippen LogP contribution in [0.4, 0.5) is 0 Å². The molecule has 3 unspecified atom stereocenters. The molecule has 20 nitrogen and oxygen atoms in total. The number of guanidine groups is 1. The molecule has 2 aliphatic heterocycles. The molecule has 0 aromatic heterocycles. The van der Waals surface area contributed by atoms with Gasteiger partial charge in [-0.3, -0.25) is 4.79 Å². The maximum atomic E-state index is 13.2. The van der Waals surface area contributed by atoms with Crippen molar-refractivity contribution in [2.75, 3.05) is 26.3 Å². The number of aliphatic hydroxyl groups excluding tert-OH is 5. The second-order valence-corrected chi connectivity index (χ2v) is 12.1. The van der Waals surface area contributed by atoms with E-state index in [0.717, 1.165) is 0 Å². The van der Waals surface area contributed by atoms with E-state index in [1.165, 1.54) is 6.92 Å². The summed E-state index contributed by atoms with van der Waals surface area (Å²) in [6.07, 6.45) is -10.6. The van der Waals surface area contributed by atoms with Crippen LogP contribution in [0.25, 0.3) is 0 Å². The Balaban J connectivity index is 1.83. The molecule has 20 N–H and O–H groups in total. The summed E-state index contributed by atoms with van der Waals surface area (Å²) in [5, 5.41) is 68.0. The maximum Gasteiger partial charge on any atom is 0.275 e. The fourth-order valence-corrected chi connectivity index (χ4v) is 5.71. The van der Waals surface area contributed by atoms with Crippen LogP contribution in [0.2, 0.25) is 0 Å². The van der Waals surface area contributed by atoms with Gasteiger partial charge in [0.15, 0.2) is 18.5 Å². The molecule has 1 saturated carbocycles. The topological polar surface area (TPSA) is 368 Å². The lowest BCUT2D eigenvalue weighted by Crippen LogP contribution is -2.69. The van der Waals surface area contributed by atoms with Gasteiger partial charge < -0.3 is 94.6 Å². The van der Waals surface area contributed by atoms with Crippen molar-refractivity contribution in [3.05, 3.63) is 0 Å². The predicted molar refractivity (Wildman–Crippen MR) is 161 cm³/mol. The van der Waals surface area contributed by atoms with E-state index in [0.29, 0.717) is 25.9 Å². The van der Waals surface area contributed by atoms with Crippen LogP contribution >= 0.6 is 0 Å². The van der Waals surface area contributed by atoms with Gasteiger partial charge >= 0.3 is 0 Å². The molecule has 2 saturated heterocycles. The normalized spacial score (nSPS) is 40.5. The number of amides is 1. The van der Waals surface area contributed by atoms with Gasteiger partial charge in [0.05, 0.1) is 37.4 Å². The summed E-state index contributed by atoms with van der Waals surface area (Å²) in [5.41, 5.74) is 32.9. The maximum absolute atomic E-state index is 13.2. The Labute approximate surface area is 266 Å². The quantitative estimate of drug-likeness (QED) is 0.0604. The molecule has 1 aliphatic carbocycles. The van der Waals surface area contributed by atoms with Crippen molar-refractivity contribution in [2.24, 2.45) is 39.4 Å². The summed E-state index contributed by atoms with van der Waals surface area (Å²) < 4.78 is 23.8. The molecule has 15 atom stereocenters. The SMILES string of the molecule is CCC(O)(N=C(N)N)C(=O)N[C@@H]1C[C@H](N)C(O[C@H]2O[C@H](CNCC(N)CO)CC[C@H]2N)[C@H](O)[C@H]1O[C@H]1O[C@H](CO)[C@@H](O)[C@H](N)[C@H]1O. The molecule has 0 spiro atoms. The van der Waals surface area contributed by atoms with Crippen molar-refractivity contribution >= 4 is 11.9 Å². The Morgan fingerprint density at radius 1 is 1.00 bits per heavy atom. The van der Waals surface area contributed by atoms with Crippen LogP contribution in [0.3, 0.4) is 0 Å². The highest BCUT2D eigenvalue weighted by atomic mass is 16.7. The van der Waals surface area contributed by atoms with Gasteiger partial charge in [0.2, 0.25) is 5.72 Å². The first kappa shape index (κ1) is 38.6. The van der Waals surface area contributed by atoms with E-state index < -0.39 is 104 Å². The van der Waals surface area contributed by atoms with E-state index in [1.54, 1.807) is 0 Å². The Bertz CT molecular complexity index is 999. The fraction of sp³-hybridized carbons (Fsp3) is 0.923. The first-order valence-electron chi connectivity index (χ1n) is 15.4. The van der Waals surface area contributed by atoms with Crippen LogP contribution in [-0.4, -0.2) is 160 Å². The average Bonchev–Trinajstić information content (AvgIpc) is 3.01. The third-order valence-corrected chi connectivity index (χ3v) is 8.54. The molecular formula is C26H53N9O11. The van der Waals surface area contributed by atoms with Crippen LogP contribution in [0.1, 0.15) is 32.6 Å². The number of carbonyl (C=O) groups excluding carboxylic acids is 1. The Hall–Kier alpha value is -1.86. The standard InChI is InChI=1S/C26H53N9O11/c1-2-26(42,35-25(31)32)24(41)34-14-5-13(29)20(45-22-12(28)4-3-11(43-22)7-33-6-10(27)8-36)19(40)21(14)46-23-18(39)16(30)17(38)15(9-37)44-23/h10-23,33,36-40,42H,2-9,27-30H2,1H3,(H,34,41)(H4,31,32,35)/t10?,11-,12+,13-,14+,15+,16-,17+,18+,19-,20?,21-,22+,23+,26?/m0/s1. The van der Waals surface area contributed by atoms with E-state index in [9.17, 15) is 30.3 Å². The van der Waals surface area contributed by atoms with Gasteiger partial charge in [-0.25, -0.2) is 4.99 Å². The molecule has 20 heteroatoms. The minimum absolute atomic E-state index is 0.0906. The second-order valence-electron chi connectivity index (χ2n) is 12.1. The molecule has 0 bridgehead atoms. The zero-order valence-electron chi connectivity index (χ0n) is 25.9. The molecule has 2 heterocycles. The number of nitrogens with zero attached hydrogens (tertiary/aromatic N) is 1. The predicted octanol–water partition coefficient (Wildman–Crippen LogP) is -7.79. The lowest BCUT2D eigenvalue weighted by molar-refractivity contribution is -0.314. The molecule has 1 amide bonds. The van der Waals surface area contributed by atoms with Crippen LogP contribution in [0, 0.1) is 0 Å². The van der Waals surface area contributed by atoms with Crippen LogP contribution in [0.15, 0.2) is 4.99 Å². The molecular weight excluding hydrogens is 614 g/mol. The van der Waals surface area contributed by atoms with Crippen molar-refractivity contribution < 1.29 is 54.4 Å². The van der Waals surface area contributed by atoms with Crippen LogP contribution < -0.4 is 45.0 Å². The first-order valence-corrected chi connectivity index (χ1v) is 15.4. The van der Waals surface area contributed by atoms with E-state index in [-0.39, 0.29) is 25.6 Å². The molecule has 0 aromatic rings. The van der Waals surface area contributed by atoms with E-state index >= 15 is 0 Å². The Morgan fingerprint density at radius 2 is 1.67 bits per heavy atom. The Morgan fingerprint density at radius 3 is 2.28 bits per heavy atom. The van der Waals surface area contributed by atoms with Gasteiger partial charge in [-0.05, 0) is 19.3 Å². The fourth-order valence-electron chi connectivity index (χ4n) is 5.71. The van der Waals surface area contributed by atoms with Crippen LogP contribution in [0.5, 0.6) is 0 Å². The van der Waals surface area contributed by atoms with Crippen molar-refractivity contribution in [3.8, 4) is 0 Å². The van der Waals surface area contributed by atoms with Gasteiger partial charge in [0.1, 0.15) is 36.6 Å². The summed E-state index contributed by atoms with van der Waals surface area (Å²) in [6.45, 7) is 1.38. The zero-order valence-corrected chi connectivity index (χ0v) is 25.9. The van der Waals surface area contributed by atoms with E-state index in [2.05, 4.69) is 15.6 Å². The number of carbonyl (C=O) groups is 1. The number of nitrogens with two attached hydrogens (primary N) is 6. The van der Waals surface area contributed by atoms with E-state index in [1.807, 2.05) is 0 Å². The molecule has 3 rings (SSSR count). The first-order chi connectivity index (χ1) is 21.6. The highest BCUT2D eigenvalue weighted by Gasteiger charge is 2.52. The van der Waals surface area contributed by atoms with Gasteiger partial charge in [0, 0.05) is 31.6 Å². The summed E-state index contributed by atoms with van der Waals surface area (Å²) in [6, 6.07) is -4.40. The monoisotopic (exact) mass is 667 g/mol.